The van der Waals surface area contributed by atoms with Crippen molar-refractivity contribution in [3.63, 3.8) is 0 Å². The molecule has 4 rings (SSSR count). The van der Waals surface area contributed by atoms with E-state index in [4.69, 9.17) is 9.47 Å². The van der Waals surface area contributed by atoms with Crippen LogP contribution in [0, 0.1) is 0 Å². The van der Waals surface area contributed by atoms with Crippen LogP contribution < -0.4 is 4.74 Å². The lowest BCUT2D eigenvalue weighted by Gasteiger charge is -2.31. The Balaban J connectivity index is 1.98. The zero-order chi connectivity index (χ0) is 15.9. The Morgan fingerprint density at radius 2 is 1.83 bits per heavy atom. The first-order chi connectivity index (χ1) is 11.2. The number of rotatable bonds is 4. The maximum atomic E-state index is 6.43. The molecule has 2 nitrogen and oxygen atoms in total. The first kappa shape index (κ1) is 14.9. The van der Waals surface area contributed by atoms with Crippen LogP contribution in [0.15, 0.2) is 64.5 Å². The quantitative estimate of drug-likeness (QED) is 0.526. The Labute approximate surface area is 147 Å². The summed E-state index contributed by atoms with van der Waals surface area (Å²) in [5.74, 6) is -0.894. The summed E-state index contributed by atoms with van der Waals surface area (Å²) < 4.78 is 13.7. The Morgan fingerprint density at radius 3 is 2.61 bits per heavy atom. The summed E-state index contributed by atoms with van der Waals surface area (Å²) in [7, 11) is 0. The van der Waals surface area contributed by atoms with Gasteiger partial charge in [-0.2, -0.15) is 0 Å². The molecule has 0 aliphatic heterocycles. The highest BCUT2D eigenvalue weighted by atomic mass is 79.9. The monoisotopic (exact) mass is 386 g/mol. The molecule has 0 saturated carbocycles. The fourth-order valence-corrected chi connectivity index (χ4v) is 4.11. The molecule has 0 N–H and O–H groups in total. The molecule has 2 aromatic carbocycles. The topological polar surface area (TPSA) is 18.5 Å². The largest absolute Gasteiger partial charge is 0.444 e. The summed E-state index contributed by atoms with van der Waals surface area (Å²) in [5, 5.41) is 2.86. The number of ether oxygens (including phenoxy) is 2. The molecular weight excluding hydrogens is 372 g/mol. The molecule has 1 atom stereocenters. The highest BCUT2D eigenvalue weighted by molar-refractivity contribution is 9.10. The fourth-order valence-electron chi connectivity index (χ4n) is 3.14. The maximum absolute atomic E-state index is 6.43. The van der Waals surface area contributed by atoms with Crippen molar-refractivity contribution in [1.29, 1.82) is 0 Å². The molecule has 0 bridgehead atoms. The Hall–Kier alpha value is -1.62. The van der Waals surface area contributed by atoms with Gasteiger partial charge in [-0.3, -0.25) is 0 Å². The minimum atomic E-state index is -0.894. The van der Waals surface area contributed by atoms with Crippen molar-refractivity contribution in [3.8, 4) is 16.2 Å². The Bertz CT molecular complexity index is 844. The second-order valence-corrected chi connectivity index (χ2v) is 7.15. The van der Waals surface area contributed by atoms with E-state index in [0.717, 1.165) is 26.2 Å². The van der Waals surface area contributed by atoms with E-state index in [0.29, 0.717) is 6.61 Å². The number of benzene rings is 2. The van der Waals surface area contributed by atoms with Crippen LogP contribution in [0.2, 0.25) is 0 Å². The van der Waals surface area contributed by atoms with Gasteiger partial charge in [0, 0.05) is 22.2 Å². The molecule has 1 aliphatic rings. The number of halogens is 1. The minimum Gasteiger partial charge on any atom is -0.444 e. The van der Waals surface area contributed by atoms with Crippen LogP contribution in [0.1, 0.15) is 18.1 Å². The van der Waals surface area contributed by atoms with Crippen molar-refractivity contribution in [3.05, 3.63) is 75.6 Å². The molecular formula is C19H15BrO2S. The van der Waals surface area contributed by atoms with Crippen LogP contribution in [0.25, 0.3) is 11.1 Å². The van der Waals surface area contributed by atoms with Crippen molar-refractivity contribution in [1.82, 2.24) is 0 Å². The van der Waals surface area contributed by atoms with Crippen molar-refractivity contribution in [2.75, 3.05) is 6.61 Å². The summed E-state index contributed by atoms with van der Waals surface area (Å²) in [4.78, 5) is 0. The molecule has 0 fully saturated rings. The molecule has 0 amide bonds. The van der Waals surface area contributed by atoms with E-state index in [-0.39, 0.29) is 0 Å². The van der Waals surface area contributed by atoms with E-state index in [9.17, 15) is 0 Å². The van der Waals surface area contributed by atoms with Gasteiger partial charge in [0.25, 0.3) is 5.79 Å². The van der Waals surface area contributed by atoms with Crippen LogP contribution in [0.3, 0.4) is 0 Å². The average Bonchev–Trinajstić information content (AvgIpc) is 3.15. The first-order valence-electron chi connectivity index (χ1n) is 7.51. The van der Waals surface area contributed by atoms with E-state index >= 15 is 0 Å². The van der Waals surface area contributed by atoms with Crippen molar-refractivity contribution in [2.45, 2.75) is 12.7 Å². The smallest absolute Gasteiger partial charge is 0.266 e. The van der Waals surface area contributed by atoms with E-state index in [1.807, 2.05) is 30.5 Å². The maximum Gasteiger partial charge on any atom is 0.266 e. The molecule has 0 saturated heterocycles. The van der Waals surface area contributed by atoms with Gasteiger partial charge in [0.15, 0.2) is 5.06 Å². The van der Waals surface area contributed by atoms with Crippen LogP contribution in [0.5, 0.6) is 5.06 Å². The first-order valence-corrected chi connectivity index (χ1v) is 9.18. The lowest BCUT2D eigenvalue weighted by Crippen LogP contribution is -2.35. The van der Waals surface area contributed by atoms with Gasteiger partial charge in [0.05, 0.1) is 0 Å². The molecule has 3 aromatic rings. The van der Waals surface area contributed by atoms with E-state index in [1.54, 1.807) is 11.3 Å². The van der Waals surface area contributed by atoms with Gasteiger partial charge in [-0.25, -0.2) is 0 Å². The highest BCUT2D eigenvalue weighted by Crippen LogP contribution is 2.51. The summed E-state index contributed by atoms with van der Waals surface area (Å²) in [6.07, 6.45) is 0. The lowest BCUT2D eigenvalue weighted by atomic mass is 10.0. The average molecular weight is 387 g/mol. The molecule has 0 radical (unpaired) electrons. The number of fused-ring (bicyclic) bond motifs is 3. The van der Waals surface area contributed by atoms with Gasteiger partial charge in [-0.1, -0.05) is 46.3 Å². The molecule has 1 heterocycles. The molecule has 116 valence electrons. The van der Waals surface area contributed by atoms with E-state index < -0.39 is 5.79 Å². The van der Waals surface area contributed by atoms with Gasteiger partial charge in [-0.15, -0.1) is 11.3 Å². The molecule has 4 heteroatoms. The summed E-state index contributed by atoms with van der Waals surface area (Å²) >= 11 is 5.16. The second kappa shape index (κ2) is 5.78. The third-order valence-corrected chi connectivity index (χ3v) is 5.23. The number of hydrogen-bond donors (Lipinski definition) is 0. The van der Waals surface area contributed by atoms with Gasteiger partial charge >= 0.3 is 0 Å². The SMILES string of the molecule is CCOC1(Oc2cccs2)c2ccccc2-c2ccc(Br)cc21. The van der Waals surface area contributed by atoms with E-state index in [2.05, 4.69) is 52.3 Å². The third kappa shape index (κ3) is 2.33. The minimum absolute atomic E-state index is 0.561. The van der Waals surface area contributed by atoms with Crippen LogP contribution in [-0.4, -0.2) is 6.61 Å². The lowest BCUT2D eigenvalue weighted by molar-refractivity contribution is -0.151. The molecule has 23 heavy (non-hydrogen) atoms. The standard InChI is InChI=1S/C19H15BrO2S/c1-2-21-19(22-18-8-5-11-23-18)16-7-4-3-6-14(16)15-10-9-13(20)12-17(15)19/h3-12H,2H2,1H3. The van der Waals surface area contributed by atoms with Crippen LogP contribution in [0.4, 0.5) is 0 Å². The molecule has 1 aromatic heterocycles. The highest BCUT2D eigenvalue weighted by Gasteiger charge is 2.47. The zero-order valence-electron chi connectivity index (χ0n) is 12.6. The summed E-state index contributed by atoms with van der Waals surface area (Å²) in [5.41, 5.74) is 4.43. The Morgan fingerprint density at radius 1 is 1.00 bits per heavy atom. The second-order valence-electron chi connectivity index (χ2n) is 5.32. The van der Waals surface area contributed by atoms with Crippen molar-refractivity contribution in [2.24, 2.45) is 0 Å². The van der Waals surface area contributed by atoms with Crippen LogP contribution in [-0.2, 0) is 10.5 Å². The van der Waals surface area contributed by atoms with Gasteiger partial charge in [0.2, 0.25) is 0 Å². The Kier molecular flexibility index (Phi) is 3.76. The van der Waals surface area contributed by atoms with Crippen molar-refractivity contribution >= 4 is 27.3 Å². The number of hydrogen-bond acceptors (Lipinski definition) is 3. The molecule has 1 aliphatic carbocycles. The van der Waals surface area contributed by atoms with Gasteiger partial charge in [0.1, 0.15) is 0 Å². The zero-order valence-corrected chi connectivity index (χ0v) is 15.0. The van der Waals surface area contributed by atoms with Gasteiger partial charge < -0.3 is 9.47 Å². The summed E-state index contributed by atoms with van der Waals surface area (Å²) in [6, 6.07) is 18.5. The van der Waals surface area contributed by atoms with E-state index in [1.165, 1.54) is 5.56 Å². The van der Waals surface area contributed by atoms with Gasteiger partial charge in [-0.05, 0) is 47.7 Å². The van der Waals surface area contributed by atoms with Crippen molar-refractivity contribution < 1.29 is 9.47 Å². The molecule has 0 spiro atoms. The summed E-state index contributed by atoms with van der Waals surface area (Å²) in [6.45, 7) is 2.56. The predicted octanol–water partition coefficient (Wildman–Crippen LogP) is 5.81. The number of thiophene rings is 1. The third-order valence-electron chi connectivity index (χ3n) is 4.00. The molecule has 1 unspecified atom stereocenters. The normalized spacial score (nSPS) is 18.5. The predicted molar refractivity (Wildman–Crippen MR) is 96.9 cm³/mol. The fraction of sp³-hybridized carbons (Fsp3) is 0.158. The van der Waals surface area contributed by atoms with Crippen LogP contribution >= 0.6 is 27.3 Å².